The molecule has 0 bridgehead atoms. The van der Waals surface area contributed by atoms with Gasteiger partial charge in [-0.1, -0.05) is 182 Å². The van der Waals surface area contributed by atoms with E-state index in [-0.39, 0.29) is 58.8 Å². The van der Waals surface area contributed by atoms with Crippen molar-refractivity contribution in [2.45, 2.75) is 5.41 Å². The van der Waals surface area contributed by atoms with Crippen molar-refractivity contribution in [3.05, 3.63) is 247 Å². The summed E-state index contributed by atoms with van der Waals surface area (Å²) in [6.45, 7) is 0. The van der Waals surface area contributed by atoms with Crippen LogP contribution in [0.25, 0.3) is 44.2 Å². The zero-order valence-corrected chi connectivity index (χ0v) is 29.2. The number of rotatable bonds is 7. The highest BCUT2D eigenvalue weighted by Gasteiger charge is 2.46. The molecule has 0 aromatic heterocycles. The Balaban J connectivity index is 1.32. The van der Waals surface area contributed by atoms with Crippen LogP contribution in [0.4, 0.5) is 17.1 Å². The van der Waals surface area contributed by atoms with E-state index >= 15 is 0 Å². The summed E-state index contributed by atoms with van der Waals surface area (Å²) in [6.07, 6.45) is 0. The van der Waals surface area contributed by atoms with Crippen LogP contribution in [-0.4, -0.2) is 0 Å². The Morgan fingerprint density at radius 3 is 1.74 bits per heavy atom. The summed E-state index contributed by atoms with van der Waals surface area (Å²) >= 11 is 0. The molecule has 10 rings (SSSR count). The molecular weight excluding hydrogens is 651 g/mol. The second-order valence-electron chi connectivity index (χ2n) is 13.5. The van der Waals surface area contributed by atoms with Gasteiger partial charge in [-0.2, -0.15) is 0 Å². The van der Waals surface area contributed by atoms with Crippen LogP contribution in [0.3, 0.4) is 0 Å². The van der Waals surface area contributed by atoms with E-state index in [4.69, 9.17) is 0 Å². The van der Waals surface area contributed by atoms with Crippen LogP contribution in [0.15, 0.2) is 224 Å². The molecule has 0 heterocycles. The van der Waals surface area contributed by atoms with Crippen LogP contribution in [0.2, 0.25) is 0 Å². The highest BCUT2D eigenvalue weighted by molar-refractivity contribution is 5.91. The average molecular weight is 696 g/mol. The normalized spacial score (nSPS) is 14.7. The van der Waals surface area contributed by atoms with Crippen molar-refractivity contribution in [1.29, 1.82) is 0 Å². The molecular formula is C53H37N. The zero-order chi connectivity index (χ0) is 42.9. The molecule has 1 nitrogen and oxygen atoms in total. The molecule has 9 aromatic rings. The van der Waals surface area contributed by atoms with Crippen molar-refractivity contribution in [1.82, 2.24) is 0 Å². The maximum Gasteiger partial charge on any atom is 0.0714 e. The lowest BCUT2D eigenvalue weighted by Gasteiger charge is -2.35. The van der Waals surface area contributed by atoms with E-state index in [1.54, 1.807) is 30.3 Å². The minimum atomic E-state index is -0.850. The van der Waals surface area contributed by atoms with Gasteiger partial charge in [-0.25, -0.2) is 0 Å². The molecule has 0 radical (unpaired) electrons. The summed E-state index contributed by atoms with van der Waals surface area (Å²) in [5.74, 6) is 0. The first-order valence-corrected chi connectivity index (χ1v) is 18.0. The van der Waals surface area contributed by atoms with Gasteiger partial charge in [0.1, 0.15) is 0 Å². The Morgan fingerprint density at radius 1 is 0.370 bits per heavy atom. The molecule has 1 aliphatic carbocycles. The summed E-state index contributed by atoms with van der Waals surface area (Å²) in [6, 6.07) is 53.9. The molecule has 0 N–H and O–H groups in total. The largest absolute Gasteiger partial charge is 0.310 e. The molecule has 9 aromatic carbocycles. The molecule has 0 aliphatic heterocycles. The van der Waals surface area contributed by atoms with Crippen LogP contribution >= 0.6 is 0 Å². The van der Waals surface area contributed by atoms with Gasteiger partial charge in [-0.3, -0.25) is 0 Å². The van der Waals surface area contributed by atoms with Gasteiger partial charge in [-0.05, 0) is 109 Å². The van der Waals surface area contributed by atoms with Crippen molar-refractivity contribution >= 4 is 27.8 Å². The Kier molecular flexibility index (Phi) is 5.95. The predicted octanol–water partition coefficient (Wildman–Crippen LogP) is 14.0. The molecule has 0 saturated carbocycles. The lowest BCUT2D eigenvalue weighted by atomic mass is 9.67. The Labute approximate surface area is 328 Å². The second kappa shape index (κ2) is 13.2. The van der Waals surface area contributed by atoms with Gasteiger partial charge in [0.25, 0.3) is 0 Å². The fourth-order valence-electron chi connectivity index (χ4n) is 8.04. The standard InChI is InChI=1S/C53H37N/c1-4-15-38(16-5-1)40-29-31-46(32-30-40)54(47-24-14-19-42(36-47)43-28-27-39-17-10-11-18-41(39)35-43)48-33-34-50-49-25-12-13-26-51(49)53(52(50)37-48,44-20-6-2-7-21-44)45-22-8-3-9-23-45/h1-37H/i14D,19D,24D,29D,30D,31D,32D,36D. The first-order chi connectivity index (χ1) is 30.1. The lowest BCUT2D eigenvalue weighted by molar-refractivity contribution is 0.768. The Hall–Kier alpha value is -6.96. The van der Waals surface area contributed by atoms with Crippen molar-refractivity contribution in [2.24, 2.45) is 0 Å². The summed E-state index contributed by atoms with van der Waals surface area (Å²) in [5, 5.41) is 1.83. The van der Waals surface area contributed by atoms with Crippen LogP contribution in [0, 0.1) is 0 Å². The third-order valence-corrected chi connectivity index (χ3v) is 10.5. The zero-order valence-electron chi connectivity index (χ0n) is 37.2. The first kappa shape index (κ1) is 24.3. The van der Waals surface area contributed by atoms with Crippen LogP contribution < -0.4 is 4.90 Å². The quantitative estimate of drug-likeness (QED) is 0.160. The van der Waals surface area contributed by atoms with E-state index in [1.807, 2.05) is 109 Å². The maximum absolute atomic E-state index is 9.95. The molecule has 0 atom stereocenters. The maximum atomic E-state index is 9.95. The summed E-state index contributed by atoms with van der Waals surface area (Å²) in [5.41, 5.74) is 6.38. The van der Waals surface area contributed by atoms with E-state index in [9.17, 15) is 11.0 Å². The van der Waals surface area contributed by atoms with Gasteiger partial charge in [0.2, 0.25) is 0 Å². The number of benzene rings is 9. The second-order valence-corrected chi connectivity index (χ2v) is 13.5. The summed E-state index contributed by atoms with van der Waals surface area (Å²) < 4.78 is 76.0. The van der Waals surface area contributed by atoms with Crippen molar-refractivity contribution < 1.29 is 11.0 Å². The number of hydrogen-bond acceptors (Lipinski definition) is 1. The van der Waals surface area contributed by atoms with Crippen molar-refractivity contribution in [3.63, 3.8) is 0 Å². The van der Waals surface area contributed by atoms with Crippen LogP contribution in [0.5, 0.6) is 0 Å². The summed E-state index contributed by atoms with van der Waals surface area (Å²) in [4.78, 5) is 1.45. The van der Waals surface area contributed by atoms with Gasteiger partial charge in [-0.15, -0.1) is 0 Å². The van der Waals surface area contributed by atoms with E-state index in [0.717, 1.165) is 44.2 Å². The minimum absolute atomic E-state index is 0.115. The number of hydrogen-bond donors (Lipinski definition) is 0. The topological polar surface area (TPSA) is 3.24 Å². The average Bonchev–Trinajstić information content (AvgIpc) is 3.61. The van der Waals surface area contributed by atoms with Gasteiger partial charge in [0, 0.05) is 17.1 Å². The van der Waals surface area contributed by atoms with E-state index < -0.39 is 17.5 Å². The fourth-order valence-corrected chi connectivity index (χ4v) is 8.04. The highest BCUT2D eigenvalue weighted by atomic mass is 15.1. The molecule has 254 valence electrons. The Bertz CT molecular complexity index is 3160. The molecule has 0 amide bonds. The third-order valence-electron chi connectivity index (χ3n) is 10.5. The van der Waals surface area contributed by atoms with Crippen LogP contribution in [-0.2, 0) is 5.41 Å². The summed E-state index contributed by atoms with van der Waals surface area (Å²) in [7, 11) is 0. The van der Waals surface area contributed by atoms with Gasteiger partial charge < -0.3 is 4.90 Å². The molecule has 1 aliphatic rings. The number of fused-ring (bicyclic) bond motifs is 4. The highest BCUT2D eigenvalue weighted by Crippen LogP contribution is 2.57. The Morgan fingerprint density at radius 2 is 1.00 bits per heavy atom. The SMILES string of the molecule is [2H]c1c([2H])c(-c2ccc3ccccc3c2)c([2H])c(N(c2ccc3c(c2)C(c2ccccc2)(c2ccccc2)c2ccccc2-3)c2c([2H])c([2H])c(-c3ccccc3)c([2H])c2[2H])c1[2H]. The molecule has 0 spiro atoms. The van der Waals surface area contributed by atoms with Crippen LogP contribution in [0.1, 0.15) is 33.2 Å². The lowest BCUT2D eigenvalue weighted by Crippen LogP contribution is -2.28. The molecule has 0 unspecified atom stereocenters. The monoisotopic (exact) mass is 695 g/mol. The van der Waals surface area contributed by atoms with Gasteiger partial charge in [0.05, 0.1) is 16.4 Å². The molecule has 54 heavy (non-hydrogen) atoms. The van der Waals surface area contributed by atoms with E-state index in [1.165, 1.54) is 4.90 Å². The molecule has 1 heteroatoms. The first-order valence-electron chi connectivity index (χ1n) is 22.0. The minimum Gasteiger partial charge on any atom is -0.310 e. The van der Waals surface area contributed by atoms with Crippen molar-refractivity contribution in [3.8, 4) is 33.4 Å². The third kappa shape index (κ3) is 5.25. The van der Waals surface area contributed by atoms with Gasteiger partial charge >= 0.3 is 0 Å². The van der Waals surface area contributed by atoms with Gasteiger partial charge in [0.15, 0.2) is 0 Å². The number of nitrogens with zero attached hydrogens (tertiary/aromatic N) is 1. The molecule has 0 saturated heterocycles. The predicted molar refractivity (Wildman–Crippen MR) is 227 cm³/mol. The fraction of sp³-hybridized carbons (Fsp3) is 0.0189. The smallest absolute Gasteiger partial charge is 0.0714 e. The van der Waals surface area contributed by atoms with Crippen molar-refractivity contribution in [2.75, 3.05) is 4.90 Å². The molecule has 0 fully saturated rings. The number of anilines is 3. The van der Waals surface area contributed by atoms with E-state index in [0.29, 0.717) is 16.8 Å². The van der Waals surface area contributed by atoms with E-state index in [2.05, 4.69) is 36.4 Å².